The van der Waals surface area contributed by atoms with Gasteiger partial charge in [0, 0.05) is 44.3 Å². The first kappa shape index (κ1) is 17.0. The quantitative estimate of drug-likeness (QED) is 0.845. The maximum Gasteiger partial charge on any atom is 0.267 e. The van der Waals surface area contributed by atoms with Crippen molar-refractivity contribution >= 4 is 11.8 Å². The minimum Gasteiger partial charge on any atom is -0.364 e. The molecule has 7 heteroatoms. The fourth-order valence-corrected chi connectivity index (χ4v) is 2.93. The minimum absolute atomic E-state index is 0.147. The van der Waals surface area contributed by atoms with Gasteiger partial charge in [0.15, 0.2) is 0 Å². The number of amides is 2. The van der Waals surface area contributed by atoms with Crippen LogP contribution in [-0.2, 0) is 6.54 Å². The van der Waals surface area contributed by atoms with Crippen molar-refractivity contribution in [2.24, 2.45) is 5.73 Å². The van der Waals surface area contributed by atoms with Crippen molar-refractivity contribution in [2.45, 2.75) is 25.4 Å². The number of likely N-dealkylation sites (tertiary alicyclic amines) is 1. The molecule has 3 rings (SSSR count). The number of hydrogen-bond acceptors (Lipinski definition) is 5. The van der Waals surface area contributed by atoms with Gasteiger partial charge in [0.1, 0.15) is 5.69 Å². The van der Waals surface area contributed by atoms with E-state index >= 15 is 0 Å². The van der Waals surface area contributed by atoms with Crippen LogP contribution >= 0.6 is 0 Å². The molecule has 0 radical (unpaired) electrons. The van der Waals surface area contributed by atoms with Crippen LogP contribution in [0.15, 0.2) is 42.9 Å². The summed E-state index contributed by atoms with van der Waals surface area (Å²) in [5, 5.41) is 3.03. The highest BCUT2D eigenvalue weighted by atomic mass is 16.2. The Morgan fingerprint density at radius 1 is 1.20 bits per heavy atom. The van der Waals surface area contributed by atoms with Crippen LogP contribution in [0.4, 0.5) is 0 Å². The third-order valence-electron chi connectivity index (χ3n) is 4.33. The molecule has 1 saturated heterocycles. The summed E-state index contributed by atoms with van der Waals surface area (Å²) in [6.07, 6.45) is 6.84. The van der Waals surface area contributed by atoms with Crippen LogP contribution in [-0.4, -0.2) is 45.8 Å². The largest absolute Gasteiger partial charge is 0.364 e. The molecule has 7 nitrogen and oxygen atoms in total. The summed E-state index contributed by atoms with van der Waals surface area (Å²) in [4.78, 5) is 33.7. The molecule has 0 bridgehead atoms. The predicted octanol–water partition coefficient (Wildman–Crippen LogP) is 0.970. The highest BCUT2D eigenvalue weighted by molar-refractivity contribution is 5.95. The van der Waals surface area contributed by atoms with E-state index in [9.17, 15) is 9.59 Å². The van der Waals surface area contributed by atoms with Crippen molar-refractivity contribution < 1.29 is 9.59 Å². The van der Waals surface area contributed by atoms with E-state index in [2.05, 4.69) is 26.3 Å². The number of nitrogens with one attached hydrogen (secondary N) is 1. The van der Waals surface area contributed by atoms with Gasteiger partial charge in [-0.15, -0.1) is 0 Å². The van der Waals surface area contributed by atoms with E-state index in [-0.39, 0.29) is 17.6 Å². The first-order valence-electron chi connectivity index (χ1n) is 8.30. The van der Waals surface area contributed by atoms with Gasteiger partial charge >= 0.3 is 0 Å². The van der Waals surface area contributed by atoms with Gasteiger partial charge < -0.3 is 11.1 Å². The number of nitrogens with zero attached hydrogens (tertiary/aromatic N) is 3. The van der Waals surface area contributed by atoms with Crippen LogP contribution in [0, 0.1) is 0 Å². The fourth-order valence-electron chi connectivity index (χ4n) is 2.93. The van der Waals surface area contributed by atoms with E-state index in [0.29, 0.717) is 5.56 Å². The van der Waals surface area contributed by atoms with Crippen molar-refractivity contribution in [3.63, 3.8) is 0 Å². The van der Waals surface area contributed by atoms with E-state index in [1.807, 2.05) is 12.3 Å². The molecule has 1 aliphatic heterocycles. The van der Waals surface area contributed by atoms with Gasteiger partial charge in [-0.3, -0.25) is 24.5 Å². The normalized spacial score (nSPS) is 15.7. The molecule has 130 valence electrons. The standard InChI is InChI=1S/C18H21N5O2/c19-17(24)16-4-3-14(11-21-16)18(25)22-15-5-8-23(9-6-15)12-13-2-1-7-20-10-13/h1-4,7,10-11,15H,5-6,8-9,12H2,(H2,19,24)(H,22,25). The maximum absolute atomic E-state index is 12.3. The molecule has 1 aliphatic rings. The minimum atomic E-state index is -0.604. The van der Waals surface area contributed by atoms with Crippen LogP contribution in [0.5, 0.6) is 0 Å². The van der Waals surface area contributed by atoms with E-state index in [1.165, 1.54) is 17.8 Å². The molecule has 0 unspecified atom stereocenters. The molecule has 25 heavy (non-hydrogen) atoms. The number of pyridine rings is 2. The third-order valence-corrected chi connectivity index (χ3v) is 4.33. The topological polar surface area (TPSA) is 101 Å². The Morgan fingerprint density at radius 2 is 2.00 bits per heavy atom. The van der Waals surface area contributed by atoms with Crippen LogP contribution in [0.1, 0.15) is 39.3 Å². The number of carbonyl (C=O) groups excluding carboxylic acids is 2. The molecular weight excluding hydrogens is 318 g/mol. The number of primary amides is 1. The zero-order chi connectivity index (χ0) is 17.6. The Morgan fingerprint density at radius 3 is 2.60 bits per heavy atom. The summed E-state index contributed by atoms with van der Waals surface area (Å²) in [5.41, 5.74) is 6.93. The number of rotatable bonds is 5. The molecule has 3 N–H and O–H groups in total. The number of hydrogen-bond donors (Lipinski definition) is 2. The molecule has 0 atom stereocenters. The van der Waals surface area contributed by atoms with Gasteiger partial charge in [-0.2, -0.15) is 0 Å². The van der Waals surface area contributed by atoms with Gasteiger partial charge in [0.05, 0.1) is 5.56 Å². The number of carbonyl (C=O) groups is 2. The molecular formula is C18H21N5O2. The van der Waals surface area contributed by atoms with Crippen LogP contribution < -0.4 is 11.1 Å². The summed E-state index contributed by atoms with van der Waals surface area (Å²) in [6.45, 7) is 2.74. The second-order valence-corrected chi connectivity index (χ2v) is 6.18. The molecule has 0 spiro atoms. The Kier molecular flexibility index (Phi) is 5.35. The predicted molar refractivity (Wildman–Crippen MR) is 92.8 cm³/mol. The number of piperidine rings is 1. The Balaban J connectivity index is 1.48. The van der Waals surface area contributed by atoms with Crippen LogP contribution in [0.25, 0.3) is 0 Å². The summed E-state index contributed by atoms with van der Waals surface area (Å²) < 4.78 is 0. The lowest BCUT2D eigenvalue weighted by Gasteiger charge is -2.32. The molecule has 1 fully saturated rings. The summed E-state index contributed by atoms with van der Waals surface area (Å²) >= 11 is 0. The second-order valence-electron chi connectivity index (χ2n) is 6.18. The lowest BCUT2D eigenvalue weighted by Crippen LogP contribution is -2.44. The summed E-state index contributed by atoms with van der Waals surface area (Å²) in [5.74, 6) is -0.776. The van der Waals surface area contributed by atoms with E-state index < -0.39 is 5.91 Å². The second kappa shape index (κ2) is 7.85. The van der Waals surface area contributed by atoms with Gasteiger partial charge in [-0.25, -0.2) is 0 Å². The summed E-state index contributed by atoms with van der Waals surface area (Å²) in [6, 6.07) is 7.20. The lowest BCUT2D eigenvalue weighted by molar-refractivity contribution is 0.0906. The molecule has 2 amide bonds. The molecule has 3 heterocycles. The lowest BCUT2D eigenvalue weighted by atomic mass is 10.0. The van der Waals surface area contributed by atoms with Crippen molar-refractivity contribution in [1.82, 2.24) is 20.2 Å². The first-order chi connectivity index (χ1) is 12.1. The van der Waals surface area contributed by atoms with E-state index in [0.717, 1.165) is 32.5 Å². The molecule has 0 aliphatic carbocycles. The van der Waals surface area contributed by atoms with Crippen molar-refractivity contribution in [3.8, 4) is 0 Å². The smallest absolute Gasteiger partial charge is 0.267 e. The number of aromatic nitrogens is 2. The van der Waals surface area contributed by atoms with Crippen molar-refractivity contribution in [3.05, 3.63) is 59.7 Å². The third kappa shape index (κ3) is 4.60. The Bertz CT molecular complexity index is 725. The molecule has 0 saturated carbocycles. The van der Waals surface area contributed by atoms with Gasteiger partial charge in [0.25, 0.3) is 11.8 Å². The average molecular weight is 339 g/mol. The van der Waals surface area contributed by atoms with Crippen LogP contribution in [0.2, 0.25) is 0 Å². The average Bonchev–Trinajstić information content (AvgIpc) is 2.64. The fraction of sp³-hybridized carbons (Fsp3) is 0.333. The maximum atomic E-state index is 12.3. The van der Waals surface area contributed by atoms with Crippen molar-refractivity contribution in [1.29, 1.82) is 0 Å². The zero-order valence-electron chi connectivity index (χ0n) is 13.9. The first-order valence-corrected chi connectivity index (χ1v) is 8.30. The van der Waals surface area contributed by atoms with Gasteiger partial charge in [0.2, 0.25) is 0 Å². The van der Waals surface area contributed by atoms with Crippen LogP contribution in [0.3, 0.4) is 0 Å². The monoisotopic (exact) mass is 339 g/mol. The van der Waals surface area contributed by atoms with Gasteiger partial charge in [-0.05, 0) is 36.6 Å². The molecule has 2 aromatic heterocycles. The zero-order valence-corrected chi connectivity index (χ0v) is 13.9. The SMILES string of the molecule is NC(=O)c1ccc(C(=O)NC2CCN(Cc3cccnc3)CC2)cn1. The summed E-state index contributed by atoms with van der Waals surface area (Å²) in [7, 11) is 0. The molecule has 0 aromatic carbocycles. The van der Waals surface area contributed by atoms with Crippen molar-refractivity contribution in [2.75, 3.05) is 13.1 Å². The Labute approximate surface area is 146 Å². The van der Waals surface area contributed by atoms with E-state index in [4.69, 9.17) is 5.73 Å². The molecule has 2 aromatic rings. The number of nitrogens with two attached hydrogens (primary N) is 1. The highest BCUT2D eigenvalue weighted by Crippen LogP contribution is 2.14. The Hall–Kier alpha value is -2.80. The highest BCUT2D eigenvalue weighted by Gasteiger charge is 2.21. The van der Waals surface area contributed by atoms with Gasteiger partial charge in [-0.1, -0.05) is 6.07 Å². The van der Waals surface area contributed by atoms with E-state index in [1.54, 1.807) is 12.3 Å².